The van der Waals surface area contributed by atoms with Crippen molar-refractivity contribution in [2.24, 2.45) is 0 Å². The summed E-state index contributed by atoms with van der Waals surface area (Å²) in [6.07, 6.45) is 1.94. The Bertz CT molecular complexity index is 3560. The molecule has 10 rings (SSSR count). The van der Waals surface area contributed by atoms with E-state index < -0.39 is 0 Å². The van der Waals surface area contributed by atoms with Crippen LogP contribution in [0.1, 0.15) is 155 Å². The molecule has 9 aromatic rings. The van der Waals surface area contributed by atoms with Gasteiger partial charge in [-0.3, -0.25) is 0 Å². The SMILES string of the molecule is CC(C)(C)c1cc(N2[CH-]N(c3[c-]c(Oc4[c-]c5c(cc4)c4cc(C(C)(C)c6ccccc6)ccc4n5-c4cc(C(C)(C)c5ccccc5)ccn4)ccc3)c3cc(C(C)(C)C)c(C(C)(C)C)cc32)cc(C(C)(C)C)c1.[Pt]. The molecule has 0 spiro atoms. The van der Waals surface area contributed by atoms with Crippen LogP contribution < -0.4 is 14.5 Å². The molecule has 5 nitrogen and oxygen atoms in total. The summed E-state index contributed by atoms with van der Waals surface area (Å²) in [5.74, 6) is 2.02. The first-order valence-corrected chi connectivity index (χ1v) is 26.8. The number of fused-ring (bicyclic) bond motifs is 4. The van der Waals surface area contributed by atoms with Crippen molar-refractivity contribution in [2.75, 3.05) is 9.80 Å². The van der Waals surface area contributed by atoms with Crippen molar-refractivity contribution in [3.05, 3.63) is 221 Å². The van der Waals surface area contributed by atoms with Crippen molar-refractivity contribution in [1.29, 1.82) is 0 Å². The van der Waals surface area contributed by atoms with Gasteiger partial charge in [0.1, 0.15) is 5.82 Å². The van der Waals surface area contributed by atoms with E-state index in [1.54, 1.807) is 0 Å². The summed E-state index contributed by atoms with van der Waals surface area (Å²) in [6, 6.07) is 62.7. The number of aromatic nitrogens is 2. The van der Waals surface area contributed by atoms with Crippen molar-refractivity contribution >= 4 is 44.6 Å². The van der Waals surface area contributed by atoms with E-state index in [2.05, 4.69) is 283 Å². The molecule has 0 radical (unpaired) electrons. The van der Waals surface area contributed by atoms with Gasteiger partial charge in [-0.05, 0) is 114 Å². The number of benzene rings is 7. The second-order valence-corrected chi connectivity index (χ2v) is 26.0. The molecule has 1 aliphatic heterocycles. The summed E-state index contributed by atoms with van der Waals surface area (Å²) in [6.45, 7) is 39.2. The molecule has 0 saturated carbocycles. The summed E-state index contributed by atoms with van der Waals surface area (Å²) in [5, 5.41) is 2.21. The molecule has 0 bridgehead atoms. The monoisotopic (exact) mass is 1180 g/mol. The first-order chi connectivity index (χ1) is 35.2. The molecule has 0 saturated heterocycles. The molecule has 0 fully saturated rings. The van der Waals surface area contributed by atoms with E-state index >= 15 is 0 Å². The van der Waals surface area contributed by atoms with Crippen LogP contribution >= 0.6 is 0 Å². The van der Waals surface area contributed by atoms with Crippen molar-refractivity contribution < 1.29 is 25.8 Å². The predicted octanol–water partition coefficient (Wildman–Crippen LogP) is 18.8. The molecule has 76 heavy (non-hydrogen) atoms. The molecule has 6 heteroatoms. The van der Waals surface area contributed by atoms with Crippen molar-refractivity contribution in [2.45, 2.75) is 143 Å². The number of nitrogens with zero attached hydrogens (tertiary/aromatic N) is 4. The smallest absolute Gasteiger partial charge is 0.135 e. The van der Waals surface area contributed by atoms with Gasteiger partial charge < -0.3 is 19.1 Å². The van der Waals surface area contributed by atoms with E-state index in [1.807, 2.05) is 18.3 Å². The number of ether oxygens (including phenoxy) is 1. The van der Waals surface area contributed by atoms with Crippen LogP contribution in [0.25, 0.3) is 27.6 Å². The van der Waals surface area contributed by atoms with Crippen LogP contribution in [0.5, 0.6) is 11.5 Å². The van der Waals surface area contributed by atoms with E-state index in [9.17, 15) is 0 Å². The van der Waals surface area contributed by atoms with Gasteiger partial charge in [-0.25, -0.2) is 4.98 Å². The van der Waals surface area contributed by atoms with Crippen LogP contribution in [0.3, 0.4) is 0 Å². The summed E-state index contributed by atoms with van der Waals surface area (Å²) in [4.78, 5) is 9.76. The van der Waals surface area contributed by atoms with Gasteiger partial charge in [-0.2, -0.15) is 12.1 Å². The zero-order valence-electron chi connectivity index (χ0n) is 47.6. The molecule has 0 aliphatic carbocycles. The molecule has 1 aliphatic rings. The van der Waals surface area contributed by atoms with Gasteiger partial charge >= 0.3 is 0 Å². The Hall–Kier alpha value is -6.42. The maximum Gasteiger partial charge on any atom is 0.135 e. The molecule has 394 valence electrons. The van der Waals surface area contributed by atoms with Gasteiger partial charge in [-0.15, -0.1) is 48.1 Å². The topological polar surface area (TPSA) is 33.5 Å². The predicted molar refractivity (Wildman–Crippen MR) is 316 cm³/mol. The Morgan fingerprint density at radius 1 is 0.434 bits per heavy atom. The van der Waals surface area contributed by atoms with Crippen LogP contribution in [0.2, 0.25) is 0 Å². The minimum Gasteiger partial charge on any atom is -0.509 e. The standard InChI is InChI=1S/C70H75N4O.Pt/c1-65(2,3)50-36-51(66(4,5)6)38-53(37-50)73-45-72(62-43-58(67(7,8)9)59(44-63(62)73)68(10,11)12)52-28-23-29-54(41-52)75-55-31-32-56-57-39-48(69(13,14)46-24-19-17-20-25-46)30-33-60(57)74(61(56)42-55)64-40-49(34-35-71-64)70(15,16)47-26-21-18-22-27-47;/h17-40,43-45H,1-16H3;/q-3;. The summed E-state index contributed by atoms with van der Waals surface area (Å²) >= 11 is 0. The first-order valence-electron chi connectivity index (χ1n) is 26.8. The first kappa shape index (κ1) is 54.4. The minimum absolute atomic E-state index is 0. The summed E-state index contributed by atoms with van der Waals surface area (Å²) < 4.78 is 9.15. The number of pyridine rings is 1. The third-order valence-corrected chi connectivity index (χ3v) is 15.7. The molecular weight excluding hydrogens is 1110 g/mol. The molecule has 0 atom stereocenters. The normalized spacial score (nSPS) is 13.6. The Morgan fingerprint density at radius 3 is 1.53 bits per heavy atom. The molecule has 3 heterocycles. The average molecular weight is 1180 g/mol. The third kappa shape index (κ3) is 10.2. The molecule has 0 unspecified atom stereocenters. The van der Waals surface area contributed by atoms with Crippen LogP contribution in [-0.2, 0) is 53.6 Å². The fraction of sp³-hybridized carbons (Fsp3) is 0.314. The van der Waals surface area contributed by atoms with E-state index in [4.69, 9.17) is 9.72 Å². The van der Waals surface area contributed by atoms with Crippen molar-refractivity contribution in [3.63, 3.8) is 0 Å². The fourth-order valence-corrected chi connectivity index (χ4v) is 10.8. The number of hydrogen-bond donors (Lipinski definition) is 0. The van der Waals surface area contributed by atoms with Crippen LogP contribution in [0.15, 0.2) is 158 Å². The van der Waals surface area contributed by atoms with Gasteiger partial charge in [0.2, 0.25) is 0 Å². The Balaban J connectivity index is 0.00000706. The van der Waals surface area contributed by atoms with E-state index in [-0.39, 0.29) is 53.6 Å². The van der Waals surface area contributed by atoms with Crippen molar-refractivity contribution in [1.82, 2.24) is 9.55 Å². The number of rotatable bonds is 9. The van der Waals surface area contributed by atoms with Gasteiger partial charge in [0.05, 0.1) is 0 Å². The Morgan fingerprint density at radius 2 is 0.974 bits per heavy atom. The second-order valence-electron chi connectivity index (χ2n) is 26.0. The van der Waals surface area contributed by atoms with E-state index in [0.29, 0.717) is 11.5 Å². The third-order valence-electron chi connectivity index (χ3n) is 15.7. The molecule has 0 amide bonds. The summed E-state index contributed by atoms with van der Waals surface area (Å²) in [7, 11) is 0. The van der Waals surface area contributed by atoms with E-state index in [1.165, 1.54) is 44.5 Å². The zero-order chi connectivity index (χ0) is 53.6. The maximum absolute atomic E-state index is 6.89. The second kappa shape index (κ2) is 19.5. The summed E-state index contributed by atoms with van der Waals surface area (Å²) in [5.41, 5.74) is 15.7. The fourth-order valence-electron chi connectivity index (χ4n) is 10.8. The van der Waals surface area contributed by atoms with Gasteiger partial charge in [-0.1, -0.05) is 195 Å². The van der Waals surface area contributed by atoms with Crippen LogP contribution in [0, 0.1) is 18.8 Å². The van der Waals surface area contributed by atoms with Crippen molar-refractivity contribution in [3.8, 4) is 17.3 Å². The number of anilines is 4. The Kier molecular flexibility index (Phi) is 14.0. The molecular formula is C70H75N4OPt-3. The number of hydrogen-bond acceptors (Lipinski definition) is 4. The molecule has 2 aromatic heterocycles. The van der Waals surface area contributed by atoms with Crippen LogP contribution in [0.4, 0.5) is 22.7 Å². The quantitative estimate of drug-likeness (QED) is 0.135. The minimum atomic E-state index is -0.261. The van der Waals surface area contributed by atoms with E-state index in [0.717, 1.165) is 50.4 Å². The molecule has 7 aromatic carbocycles. The van der Waals surface area contributed by atoms with Gasteiger partial charge in [0.25, 0.3) is 0 Å². The van der Waals surface area contributed by atoms with Crippen LogP contribution in [-0.4, -0.2) is 9.55 Å². The largest absolute Gasteiger partial charge is 0.509 e. The zero-order valence-corrected chi connectivity index (χ0v) is 49.9. The molecule has 0 N–H and O–H groups in total. The average Bonchev–Trinajstić information content (AvgIpc) is 3.93. The van der Waals surface area contributed by atoms with Gasteiger partial charge in [0, 0.05) is 72.2 Å². The Labute approximate surface area is 468 Å². The van der Waals surface area contributed by atoms with Gasteiger partial charge in [0.15, 0.2) is 0 Å². The maximum atomic E-state index is 6.89.